The molecule has 0 aliphatic carbocycles. The number of rotatable bonds is 6. The highest BCUT2D eigenvalue weighted by Gasteiger charge is 2.26. The van der Waals surface area contributed by atoms with Gasteiger partial charge < -0.3 is 14.7 Å². The Labute approximate surface area is 152 Å². The predicted octanol–water partition coefficient (Wildman–Crippen LogP) is 3.76. The lowest BCUT2D eigenvalue weighted by Crippen LogP contribution is -2.42. The maximum Gasteiger partial charge on any atom is 0.222 e. The second-order valence-electron chi connectivity index (χ2n) is 8.21. The van der Waals surface area contributed by atoms with Crippen molar-refractivity contribution in [2.75, 3.05) is 19.7 Å². The molecule has 0 radical (unpaired) electrons. The zero-order chi connectivity index (χ0) is 18.4. The molecule has 1 N–H and O–H groups in total. The first-order chi connectivity index (χ1) is 11.8. The summed E-state index contributed by atoms with van der Waals surface area (Å²) in [7, 11) is 0. The third-order valence-electron chi connectivity index (χ3n) is 5.02. The molecule has 2 rings (SSSR count). The molecule has 1 amide bonds. The molecule has 1 heterocycles. The number of hydrogen-bond donors (Lipinski definition) is 1. The number of likely N-dealkylation sites (tertiary alicyclic amines) is 1. The average molecular weight is 347 g/mol. The molecule has 2 unspecified atom stereocenters. The van der Waals surface area contributed by atoms with Crippen LogP contribution in [0.25, 0.3) is 0 Å². The number of ether oxygens (including phenoxy) is 1. The van der Waals surface area contributed by atoms with Crippen LogP contribution in [0, 0.1) is 5.92 Å². The van der Waals surface area contributed by atoms with Crippen molar-refractivity contribution in [1.29, 1.82) is 0 Å². The summed E-state index contributed by atoms with van der Waals surface area (Å²) in [6.07, 6.45) is 2.88. The topological polar surface area (TPSA) is 49.8 Å². The van der Waals surface area contributed by atoms with Gasteiger partial charge in [0.15, 0.2) is 0 Å². The number of carbonyl (C=O) groups is 1. The van der Waals surface area contributed by atoms with Crippen molar-refractivity contribution in [2.45, 2.75) is 64.9 Å². The largest absolute Gasteiger partial charge is 0.494 e. The molecular weight excluding hydrogens is 314 g/mol. The number of nitrogens with zero attached hydrogens (tertiary/aromatic N) is 1. The molecule has 2 atom stereocenters. The molecule has 1 aromatic carbocycles. The third kappa shape index (κ3) is 6.03. The Bertz CT molecular complexity index is 545. The molecule has 1 aliphatic heterocycles. The average Bonchev–Trinajstić information content (AvgIpc) is 2.58. The summed E-state index contributed by atoms with van der Waals surface area (Å²) >= 11 is 0. The van der Waals surface area contributed by atoms with Crippen LogP contribution >= 0.6 is 0 Å². The maximum absolute atomic E-state index is 12.3. The molecule has 4 heteroatoms. The van der Waals surface area contributed by atoms with Crippen LogP contribution in [-0.2, 0) is 10.2 Å². The van der Waals surface area contributed by atoms with Gasteiger partial charge in [-0.15, -0.1) is 0 Å². The van der Waals surface area contributed by atoms with Crippen molar-refractivity contribution in [3.8, 4) is 5.75 Å². The van der Waals surface area contributed by atoms with Crippen LogP contribution in [0.2, 0.25) is 0 Å². The van der Waals surface area contributed by atoms with Crippen LogP contribution in [0.15, 0.2) is 24.3 Å². The minimum Gasteiger partial charge on any atom is -0.494 e. The summed E-state index contributed by atoms with van der Waals surface area (Å²) in [6, 6.07) is 8.20. The van der Waals surface area contributed by atoms with E-state index in [9.17, 15) is 9.90 Å². The molecule has 0 spiro atoms. The van der Waals surface area contributed by atoms with Gasteiger partial charge in [-0.1, -0.05) is 32.9 Å². The quantitative estimate of drug-likeness (QED) is 0.797. The van der Waals surface area contributed by atoms with Gasteiger partial charge in [-0.25, -0.2) is 0 Å². The highest BCUT2D eigenvalue weighted by molar-refractivity contribution is 5.76. The maximum atomic E-state index is 12.3. The number of carbonyl (C=O) groups excluding carboxylic acids is 1. The minimum absolute atomic E-state index is 0.142. The summed E-state index contributed by atoms with van der Waals surface area (Å²) in [5, 5.41) is 9.73. The van der Waals surface area contributed by atoms with Crippen LogP contribution in [-0.4, -0.2) is 41.7 Å². The smallest absolute Gasteiger partial charge is 0.222 e. The lowest BCUT2D eigenvalue weighted by Gasteiger charge is -2.34. The third-order valence-corrected chi connectivity index (χ3v) is 5.02. The summed E-state index contributed by atoms with van der Waals surface area (Å²) < 4.78 is 5.76. The number of aliphatic hydroxyl groups excluding tert-OH is 1. The van der Waals surface area contributed by atoms with Gasteiger partial charge in [0, 0.05) is 25.4 Å². The van der Waals surface area contributed by atoms with Crippen molar-refractivity contribution in [3.63, 3.8) is 0 Å². The van der Waals surface area contributed by atoms with E-state index in [1.807, 2.05) is 24.0 Å². The van der Waals surface area contributed by atoms with Crippen molar-refractivity contribution < 1.29 is 14.6 Å². The Morgan fingerprint density at radius 1 is 1.32 bits per heavy atom. The van der Waals surface area contributed by atoms with E-state index in [0.717, 1.165) is 31.6 Å². The number of amides is 1. The van der Waals surface area contributed by atoms with Crippen LogP contribution in [0.3, 0.4) is 0 Å². The Balaban J connectivity index is 1.71. The first kappa shape index (κ1) is 19.8. The zero-order valence-electron chi connectivity index (χ0n) is 16.1. The summed E-state index contributed by atoms with van der Waals surface area (Å²) in [4.78, 5) is 14.2. The Hall–Kier alpha value is -1.55. The number of aliphatic hydroxyl groups is 1. The highest BCUT2D eigenvalue weighted by atomic mass is 16.5. The van der Waals surface area contributed by atoms with Crippen molar-refractivity contribution in [1.82, 2.24) is 4.90 Å². The Kier molecular flexibility index (Phi) is 6.88. The normalized spacial score (nSPS) is 19.6. The second kappa shape index (κ2) is 8.70. The fraction of sp³-hybridized carbons (Fsp3) is 0.667. The van der Waals surface area contributed by atoms with Crippen LogP contribution in [0.5, 0.6) is 5.75 Å². The molecule has 0 saturated carbocycles. The standard InChI is InChI=1S/C21H33NO3/c1-16(23)17-7-5-13-22(15-17)20(24)8-6-14-25-19-11-9-18(10-12-19)21(2,3)4/h9-12,16-17,23H,5-8,13-15H2,1-4H3. The molecule has 1 saturated heterocycles. The molecule has 0 aromatic heterocycles. The van der Waals surface area contributed by atoms with E-state index in [-0.39, 0.29) is 23.3 Å². The van der Waals surface area contributed by atoms with E-state index in [1.165, 1.54) is 5.56 Å². The van der Waals surface area contributed by atoms with Crippen molar-refractivity contribution in [3.05, 3.63) is 29.8 Å². The number of hydrogen-bond acceptors (Lipinski definition) is 3. The van der Waals surface area contributed by atoms with Crippen LogP contribution in [0.4, 0.5) is 0 Å². The fourth-order valence-corrected chi connectivity index (χ4v) is 3.25. The monoisotopic (exact) mass is 347 g/mol. The van der Waals surface area contributed by atoms with E-state index in [4.69, 9.17) is 4.74 Å². The molecule has 25 heavy (non-hydrogen) atoms. The highest BCUT2D eigenvalue weighted by Crippen LogP contribution is 2.24. The predicted molar refractivity (Wildman–Crippen MR) is 101 cm³/mol. The lowest BCUT2D eigenvalue weighted by atomic mass is 9.87. The molecule has 4 nitrogen and oxygen atoms in total. The van der Waals surface area contributed by atoms with E-state index >= 15 is 0 Å². The summed E-state index contributed by atoms with van der Waals surface area (Å²) in [5.41, 5.74) is 1.43. The van der Waals surface area contributed by atoms with Gasteiger partial charge in [0.05, 0.1) is 12.7 Å². The Morgan fingerprint density at radius 2 is 2.00 bits per heavy atom. The second-order valence-corrected chi connectivity index (χ2v) is 8.21. The first-order valence-electron chi connectivity index (χ1n) is 9.46. The zero-order valence-corrected chi connectivity index (χ0v) is 16.1. The SMILES string of the molecule is CC(O)C1CCCN(C(=O)CCCOc2ccc(C(C)(C)C)cc2)C1. The van der Waals surface area contributed by atoms with E-state index in [2.05, 4.69) is 32.9 Å². The van der Waals surface area contributed by atoms with E-state index < -0.39 is 0 Å². The van der Waals surface area contributed by atoms with Gasteiger partial charge in [0.1, 0.15) is 5.75 Å². The number of benzene rings is 1. The number of piperidine rings is 1. The molecule has 1 aliphatic rings. The van der Waals surface area contributed by atoms with Crippen LogP contribution < -0.4 is 4.74 Å². The van der Waals surface area contributed by atoms with Crippen molar-refractivity contribution in [2.24, 2.45) is 5.92 Å². The first-order valence-corrected chi connectivity index (χ1v) is 9.46. The van der Waals surface area contributed by atoms with Crippen LogP contribution in [0.1, 0.15) is 58.9 Å². The van der Waals surface area contributed by atoms with E-state index in [1.54, 1.807) is 0 Å². The molecule has 0 bridgehead atoms. The Morgan fingerprint density at radius 3 is 2.60 bits per heavy atom. The van der Waals surface area contributed by atoms with E-state index in [0.29, 0.717) is 19.6 Å². The summed E-state index contributed by atoms with van der Waals surface area (Å²) in [6.45, 7) is 10.4. The fourth-order valence-electron chi connectivity index (χ4n) is 3.25. The molecule has 140 valence electrons. The van der Waals surface area contributed by atoms with Gasteiger partial charge in [0.2, 0.25) is 5.91 Å². The van der Waals surface area contributed by atoms with Gasteiger partial charge in [-0.05, 0) is 49.3 Å². The van der Waals surface area contributed by atoms with Gasteiger partial charge in [-0.3, -0.25) is 4.79 Å². The van der Waals surface area contributed by atoms with Gasteiger partial charge in [-0.2, -0.15) is 0 Å². The minimum atomic E-state index is -0.338. The van der Waals surface area contributed by atoms with Gasteiger partial charge >= 0.3 is 0 Å². The molecular formula is C21H33NO3. The van der Waals surface area contributed by atoms with Crippen molar-refractivity contribution >= 4 is 5.91 Å². The molecule has 1 fully saturated rings. The lowest BCUT2D eigenvalue weighted by molar-refractivity contribution is -0.134. The summed E-state index contributed by atoms with van der Waals surface area (Å²) in [5.74, 6) is 1.25. The molecule has 1 aromatic rings. The van der Waals surface area contributed by atoms with Gasteiger partial charge in [0.25, 0.3) is 0 Å².